The smallest absolute Gasteiger partial charge is 0.0771 e. The summed E-state index contributed by atoms with van der Waals surface area (Å²) in [5.74, 6) is 2.95. The molecule has 0 N–H and O–H groups in total. The summed E-state index contributed by atoms with van der Waals surface area (Å²) in [7, 11) is 0. The van der Waals surface area contributed by atoms with Crippen LogP contribution in [0.15, 0.2) is 35.3 Å². The lowest BCUT2D eigenvalue weighted by Crippen LogP contribution is -1.88. The zero-order chi connectivity index (χ0) is 12.0. The Morgan fingerprint density at radius 3 is 2.38 bits per heavy atom. The molecule has 0 heterocycles. The maximum absolute atomic E-state index is 5.15. The van der Waals surface area contributed by atoms with Crippen molar-refractivity contribution in [2.24, 2.45) is 4.99 Å². The van der Waals surface area contributed by atoms with Crippen LogP contribution in [0.3, 0.4) is 0 Å². The zero-order valence-electron chi connectivity index (χ0n) is 10.1. The van der Waals surface area contributed by atoms with Crippen molar-refractivity contribution in [3.63, 3.8) is 0 Å². The maximum Gasteiger partial charge on any atom is 0.0771 e. The van der Waals surface area contributed by atoms with Crippen molar-refractivity contribution >= 4 is 11.9 Å². The molecule has 1 heteroatoms. The summed E-state index contributed by atoms with van der Waals surface area (Å²) in [6, 6.07) is 8.43. The molecule has 1 aromatic carbocycles. The Kier molecular flexibility index (Phi) is 4.54. The molecular weight excluding hydrogens is 194 g/mol. The molecule has 82 valence electrons. The highest BCUT2D eigenvalue weighted by molar-refractivity contribution is 5.83. The van der Waals surface area contributed by atoms with Crippen LogP contribution in [0.1, 0.15) is 37.8 Å². The van der Waals surface area contributed by atoms with E-state index in [9.17, 15) is 0 Å². The van der Waals surface area contributed by atoms with Crippen molar-refractivity contribution in [2.45, 2.75) is 26.7 Å². The number of aliphatic imine (C=N–C) groups is 1. The third-order valence-corrected chi connectivity index (χ3v) is 2.42. The summed E-state index contributed by atoms with van der Waals surface area (Å²) in [5, 5.41) is 0. The molecule has 0 atom stereocenters. The molecule has 0 amide bonds. The first-order chi connectivity index (χ1) is 7.69. The highest BCUT2D eigenvalue weighted by Crippen LogP contribution is 2.19. The van der Waals surface area contributed by atoms with Gasteiger partial charge in [0.2, 0.25) is 0 Å². The van der Waals surface area contributed by atoms with E-state index in [1.54, 1.807) is 0 Å². The lowest BCUT2D eigenvalue weighted by molar-refractivity contribution is 0.866. The molecule has 0 radical (unpaired) electrons. The molecule has 0 aromatic heterocycles. The van der Waals surface area contributed by atoms with Gasteiger partial charge in [-0.05, 0) is 24.0 Å². The predicted octanol–water partition coefficient (Wildman–Crippen LogP) is 3.87. The van der Waals surface area contributed by atoms with E-state index in [0.717, 1.165) is 11.3 Å². The molecule has 1 nitrogen and oxygen atoms in total. The summed E-state index contributed by atoms with van der Waals surface area (Å²) in [5.41, 5.74) is 3.34. The van der Waals surface area contributed by atoms with Crippen molar-refractivity contribution < 1.29 is 0 Å². The van der Waals surface area contributed by atoms with Crippen molar-refractivity contribution in [3.8, 4) is 12.3 Å². The fraction of sp³-hybridized carbons (Fsp3) is 0.267. The molecule has 0 aliphatic rings. The minimum absolute atomic E-state index is 0.553. The standard InChI is InChI=1S/C15H17N/c1-5-11-16-15(6-2)14-9-7-13(8-10-14)12(3)4/h1,6-12H,2-4H3/b15-6-,16-11?. The summed E-state index contributed by atoms with van der Waals surface area (Å²) in [6.45, 7) is 6.32. The fourth-order valence-corrected chi connectivity index (χ4v) is 1.46. The molecule has 1 aromatic rings. The fourth-order valence-electron chi connectivity index (χ4n) is 1.46. The Balaban J connectivity index is 2.97. The van der Waals surface area contributed by atoms with Gasteiger partial charge in [-0.2, -0.15) is 0 Å². The van der Waals surface area contributed by atoms with E-state index in [2.05, 4.69) is 49.0 Å². The molecule has 0 spiro atoms. The molecule has 0 aliphatic carbocycles. The van der Waals surface area contributed by atoms with E-state index in [1.165, 1.54) is 11.8 Å². The molecule has 0 saturated heterocycles. The monoisotopic (exact) mass is 211 g/mol. The van der Waals surface area contributed by atoms with Crippen LogP contribution in [0, 0.1) is 12.3 Å². The van der Waals surface area contributed by atoms with Crippen molar-refractivity contribution in [2.75, 3.05) is 0 Å². The minimum Gasteiger partial charge on any atom is -0.248 e. The zero-order valence-corrected chi connectivity index (χ0v) is 10.1. The number of terminal acetylenes is 1. The first-order valence-electron chi connectivity index (χ1n) is 5.44. The lowest BCUT2D eigenvalue weighted by atomic mass is 10.0. The van der Waals surface area contributed by atoms with E-state index < -0.39 is 0 Å². The molecule has 0 aliphatic heterocycles. The third-order valence-electron chi connectivity index (χ3n) is 2.42. The highest BCUT2D eigenvalue weighted by atomic mass is 14.7. The molecule has 0 saturated carbocycles. The van der Waals surface area contributed by atoms with Gasteiger partial charge in [-0.1, -0.05) is 50.1 Å². The molecular formula is C15H17N. The van der Waals surface area contributed by atoms with Gasteiger partial charge in [-0.3, -0.25) is 0 Å². The van der Waals surface area contributed by atoms with E-state index in [4.69, 9.17) is 6.42 Å². The lowest BCUT2D eigenvalue weighted by Gasteiger charge is -2.06. The van der Waals surface area contributed by atoms with Crippen LogP contribution in [0.25, 0.3) is 5.70 Å². The van der Waals surface area contributed by atoms with Gasteiger partial charge in [0.1, 0.15) is 0 Å². The number of benzene rings is 1. The van der Waals surface area contributed by atoms with Crippen LogP contribution in [-0.2, 0) is 0 Å². The Hall–Kier alpha value is -1.81. The van der Waals surface area contributed by atoms with Gasteiger partial charge in [0.25, 0.3) is 0 Å². The van der Waals surface area contributed by atoms with Gasteiger partial charge in [-0.15, -0.1) is 6.42 Å². The van der Waals surface area contributed by atoms with Gasteiger partial charge in [-0.25, -0.2) is 4.99 Å². The summed E-state index contributed by atoms with van der Waals surface area (Å²) >= 11 is 0. The molecule has 0 unspecified atom stereocenters. The van der Waals surface area contributed by atoms with Crippen LogP contribution < -0.4 is 0 Å². The van der Waals surface area contributed by atoms with Crippen LogP contribution >= 0.6 is 0 Å². The largest absolute Gasteiger partial charge is 0.248 e. The van der Waals surface area contributed by atoms with Crippen LogP contribution in [-0.4, -0.2) is 6.21 Å². The molecule has 1 rings (SSSR count). The second-order valence-electron chi connectivity index (χ2n) is 3.88. The van der Waals surface area contributed by atoms with Crippen LogP contribution in [0.4, 0.5) is 0 Å². The summed E-state index contributed by atoms with van der Waals surface area (Å²) in [6.07, 6.45) is 8.58. The average Bonchev–Trinajstić information content (AvgIpc) is 2.30. The van der Waals surface area contributed by atoms with Crippen LogP contribution in [0.2, 0.25) is 0 Å². The van der Waals surface area contributed by atoms with Crippen molar-refractivity contribution in [3.05, 3.63) is 41.5 Å². The summed E-state index contributed by atoms with van der Waals surface area (Å²) < 4.78 is 0. The topological polar surface area (TPSA) is 12.4 Å². The normalized spacial score (nSPS) is 12.1. The molecule has 0 bridgehead atoms. The number of hydrogen-bond donors (Lipinski definition) is 0. The third kappa shape index (κ3) is 3.10. The first-order valence-corrected chi connectivity index (χ1v) is 5.44. The molecule has 16 heavy (non-hydrogen) atoms. The van der Waals surface area contributed by atoms with Crippen molar-refractivity contribution in [1.29, 1.82) is 0 Å². The van der Waals surface area contributed by atoms with Gasteiger partial charge < -0.3 is 0 Å². The van der Waals surface area contributed by atoms with Gasteiger partial charge in [0.05, 0.1) is 11.9 Å². The van der Waals surface area contributed by atoms with Gasteiger partial charge in [0.15, 0.2) is 0 Å². The van der Waals surface area contributed by atoms with E-state index in [1.807, 2.05) is 13.0 Å². The quantitative estimate of drug-likeness (QED) is 0.531. The Morgan fingerprint density at radius 1 is 1.31 bits per heavy atom. The minimum atomic E-state index is 0.553. The second kappa shape index (κ2) is 5.92. The Morgan fingerprint density at radius 2 is 1.94 bits per heavy atom. The average molecular weight is 211 g/mol. The second-order valence-corrected chi connectivity index (χ2v) is 3.88. The predicted molar refractivity (Wildman–Crippen MR) is 71.5 cm³/mol. The molecule has 0 fully saturated rings. The van der Waals surface area contributed by atoms with E-state index in [0.29, 0.717) is 5.92 Å². The van der Waals surface area contributed by atoms with E-state index >= 15 is 0 Å². The van der Waals surface area contributed by atoms with E-state index in [-0.39, 0.29) is 0 Å². The highest BCUT2D eigenvalue weighted by Gasteiger charge is 2.01. The maximum atomic E-state index is 5.15. The summed E-state index contributed by atoms with van der Waals surface area (Å²) in [4.78, 5) is 4.21. The number of allylic oxidation sites excluding steroid dienone is 1. The number of rotatable bonds is 3. The van der Waals surface area contributed by atoms with Crippen molar-refractivity contribution in [1.82, 2.24) is 0 Å². The van der Waals surface area contributed by atoms with Crippen LogP contribution in [0.5, 0.6) is 0 Å². The Bertz CT molecular complexity index is 427. The Labute approximate surface area is 97.9 Å². The van der Waals surface area contributed by atoms with Gasteiger partial charge in [0, 0.05) is 0 Å². The first kappa shape index (κ1) is 12.3. The van der Waals surface area contributed by atoms with Gasteiger partial charge >= 0.3 is 0 Å². The number of nitrogens with zero attached hydrogens (tertiary/aromatic N) is 1. The SMILES string of the molecule is C#CC=N/C(=C\C)c1ccc(C(C)C)cc1. The number of hydrogen-bond acceptors (Lipinski definition) is 1.